The van der Waals surface area contributed by atoms with Gasteiger partial charge in [0.1, 0.15) is 5.82 Å². The lowest BCUT2D eigenvalue weighted by molar-refractivity contribution is 0.578. The summed E-state index contributed by atoms with van der Waals surface area (Å²) in [6.45, 7) is 6.00. The monoisotopic (exact) mass is 276 g/mol. The van der Waals surface area contributed by atoms with E-state index in [9.17, 15) is 4.39 Å². The number of hydrogen-bond donors (Lipinski definition) is 1. The Morgan fingerprint density at radius 1 is 1.25 bits per heavy atom. The predicted molar refractivity (Wildman–Crippen MR) is 81.5 cm³/mol. The molecule has 2 aliphatic rings. The van der Waals surface area contributed by atoms with E-state index in [-0.39, 0.29) is 5.82 Å². The van der Waals surface area contributed by atoms with Gasteiger partial charge in [0.25, 0.3) is 0 Å². The van der Waals surface area contributed by atoms with Gasteiger partial charge in [-0.1, -0.05) is 19.9 Å². The maximum Gasteiger partial charge on any atom is 0.146 e. The molecule has 0 saturated heterocycles. The van der Waals surface area contributed by atoms with E-state index in [1.165, 1.54) is 25.7 Å². The molecule has 0 aromatic heterocycles. The predicted octanol–water partition coefficient (Wildman–Crippen LogP) is 3.70. The van der Waals surface area contributed by atoms with Gasteiger partial charge in [0.2, 0.25) is 0 Å². The summed E-state index contributed by atoms with van der Waals surface area (Å²) in [5.74, 6) is 0.748. The highest BCUT2D eigenvalue weighted by molar-refractivity contribution is 5.51. The molecule has 0 radical (unpaired) electrons. The molecule has 0 unspecified atom stereocenters. The van der Waals surface area contributed by atoms with Gasteiger partial charge in [-0.2, -0.15) is 0 Å². The second-order valence-electron chi connectivity index (χ2n) is 6.65. The molecule has 110 valence electrons. The summed E-state index contributed by atoms with van der Waals surface area (Å²) in [5, 5.41) is 3.33. The zero-order valence-corrected chi connectivity index (χ0v) is 12.5. The molecule has 0 amide bonds. The molecule has 1 N–H and O–H groups in total. The van der Waals surface area contributed by atoms with Gasteiger partial charge in [-0.15, -0.1) is 0 Å². The van der Waals surface area contributed by atoms with Crippen molar-refractivity contribution in [3.05, 3.63) is 29.6 Å². The molecule has 1 aromatic rings. The molecule has 2 aliphatic carbocycles. The average Bonchev–Trinajstić information content (AvgIpc) is 3.26. The van der Waals surface area contributed by atoms with Crippen molar-refractivity contribution < 1.29 is 4.39 Å². The Morgan fingerprint density at radius 3 is 2.55 bits per heavy atom. The van der Waals surface area contributed by atoms with Gasteiger partial charge < -0.3 is 10.2 Å². The van der Waals surface area contributed by atoms with Crippen LogP contribution in [0.5, 0.6) is 0 Å². The van der Waals surface area contributed by atoms with Crippen molar-refractivity contribution in [1.82, 2.24) is 5.32 Å². The van der Waals surface area contributed by atoms with Crippen molar-refractivity contribution in [2.24, 2.45) is 5.92 Å². The Hall–Kier alpha value is -1.09. The lowest BCUT2D eigenvalue weighted by atomic mass is 10.1. The molecule has 2 fully saturated rings. The van der Waals surface area contributed by atoms with Gasteiger partial charge in [0, 0.05) is 25.2 Å². The van der Waals surface area contributed by atoms with Crippen LogP contribution in [0.1, 0.15) is 45.1 Å². The van der Waals surface area contributed by atoms with Crippen LogP contribution in [0.3, 0.4) is 0 Å². The van der Waals surface area contributed by atoms with E-state index in [4.69, 9.17) is 0 Å². The Kier molecular flexibility index (Phi) is 3.97. The van der Waals surface area contributed by atoms with Crippen LogP contribution in [0.2, 0.25) is 0 Å². The minimum absolute atomic E-state index is 0.0550. The first kappa shape index (κ1) is 13.9. The van der Waals surface area contributed by atoms with Crippen LogP contribution in [-0.4, -0.2) is 18.6 Å². The number of anilines is 1. The molecule has 0 bridgehead atoms. The van der Waals surface area contributed by atoms with Gasteiger partial charge in [0.15, 0.2) is 0 Å². The average molecular weight is 276 g/mol. The van der Waals surface area contributed by atoms with Crippen LogP contribution in [0.25, 0.3) is 0 Å². The third-order valence-corrected chi connectivity index (χ3v) is 4.18. The highest BCUT2D eigenvalue weighted by atomic mass is 19.1. The molecular weight excluding hydrogens is 251 g/mol. The van der Waals surface area contributed by atoms with Crippen molar-refractivity contribution in [2.45, 2.75) is 58.2 Å². The van der Waals surface area contributed by atoms with Crippen molar-refractivity contribution in [1.29, 1.82) is 0 Å². The molecule has 3 heteroatoms. The fourth-order valence-corrected chi connectivity index (χ4v) is 2.62. The van der Waals surface area contributed by atoms with E-state index in [0.717, 1.165) is 30.3 Å². The summed E-state index contributed by atoms with van der Waals surface area (Å²) in [4.78, 5) is 2.31. The van der Waals surface area contributed by atoms with Crippen molar-refractivity contribution in [3.8, 4) is 0 Å². The summed E-state index contributed by atoms with van der Waals surface area (Å²) in [6, 6.07) is 6.76. The SMILES string of the molecule is CC(C)NCc1ccc(N(CC2CC2)C2CC2)c(F)c1. The maximum atomic E-state index is 14.4. The smallest absolute Gasteiger partial charge is 0.146 e. The zero-order valence-electron chi connectivity index (χ0n) is 12.5. The Bertz CT molecular complexity index is 464. The lowest BCUT2D eigenvalue weighted by Gasteiger charge is -2.25. The number of halogens is 1. The van der Waals surface area contributed by atoms with E-state index in [1.807, 2.05) is 6.07 Å². The molecule has 20 heavy (non-hydrogen) atoms. The minimum Gasteiger partial charge on any atom is -0.366 e. The van der Waals surface area contributed by atoms with Gasteiger partial charge in [-0.05, 0) is 49.3 Å². The topological polar surface area (TPSA) is 15.3 Å². The van der Waals surface area contributed by atoms with E-state index < -0.39 is 0 Å². The summed E-state index contributed by atoms with van der Waals surface area (Å²) < 4.78 is 14.4. The molecule has 3 rings (SSSR count). The van der Waals surface area contributed by atoms with Gasteiger partial charge in [-0.3, -0.25) is 0 Å². The van der Waals surface area contributed by atoms with Crippen LogP contribution < -0.4 is 10.2 Å². The van der Waals surface area contributed by atoms with Gasteiger partial charge >= 0.3 is 0 Å². The van der Waals surface area contributed by atoms with Crippen molar-refractivity contribution >= 4 is 5.69 Å². The molecule has 0 spiro atoms. The Balaban J connectivity index is 1.71. The third kappa shape index (κ3) is 3.51. The fraction of sp³-hybridized carbons (Fsp3) is 0.647. The lowest BCUT2D eigenvalue weighted by Crippen LogP contribution is -2.29. The Morgan fingerprint density at radius 2 is 2.00 bits per heavy atom. The van der Waals surface area contributed by atoms with E-state index >= 15 is 0 Å². The number of hydrogen-bond acceptors (Lipinski definition) is 2. The number of rotatable bonds is 7. The van der Waals surface area contributed by atoms with E-state index in [0.29, 0.717) is 12.1 Å². The third-order valence-electron chi connectivity index (χ3n) is 4.18. The van der Waals surface area contributed by atoms with Gasteiger partial charge in [0.05, 0.1) is 5.69 Å². The van der Waals surface area contributed by atoms with Crippen LogP contribution in [0, 0.1) is 11.7 Å². The number of benzene rings is 1. The first-order valence-electron chi connectivity index (χ1n) is 7.92. The van der Waals surface area contributed by atoms with Crippen molar-refractivity contribution in [2.75, 3.05) is 11.4 Å². The second kappa shape index (κ2) is 5.72. The highest BCUT2D eigenvalue weighted by Crippen LogP contribution is 2.38. The van der Waals surface area contributed by atoms with Crippen molar-refractivity contribution in [3.63, 3.8) is 0 Å². The first-order chi connectivity index (χ1) is 9.63. The molecule has 0 aliphatic heterocycles. The quantitative estimate of drug-likeness (QED) is 0.817. The molecule has 0 atom stereocenters. The first-order valence-corrected chi connectivity index (χ1v) is 7.92. The van der Waals surface area contributed by atoms with E-state index in [1.54, 1.807) is 6.07 Å². The van der Waals surface area contributed by atoms with Crippen LogP contribution in [0.4, 0.5) is 10.1 Å². The second-order valence-corrected chi connectivity index (χ2v) is 6.65. The largest absolute Gasteiger partial charge is 0.366 e. The Labute approximate surface area is 121 Å². The molecule has 0 heterocycles. The highest BCUT2D eigenvalue weighted by Gasteiger charge is 2.34. The van der Waals surface area contributed by atoms with Crippen LogP contribution >= 0.6 is 0 Å². The maximum absolute atomic E-state index is 14.4. The minimum atomic E-state index is -0.0550. The normalized spacial score (nSPS) is 18.6. The standard InChI is InChI=1S/C17H25FN2/c1-12(2)19-10-14-5-8-17(16(18)9-14)20(15-6-7-15)11-13-3-4-13/h5,8-9,12-13,15,19H,3-4,6-7,10-11H2,1-2H3. The fourth-order valence-electron chi connectivity index (χ4n) is 2.62. The molecule has 1 aromatic carbocycles. The summed E-state index contributed by atoms with van der Waals surface area (Å²) >= 11 is 0. The summed E-state index contributed by atoms with van der Waals surface area (Å²) in [5.41, 5.74) is 1.84. The zero-order chi connectivity index (χ0) is 14.1. The number of nitrogens with one attached hydrogen (secondary N) is 1. The van der Waals surface area contributed by atoms with Crippen LogP contribution in [-0.2, 0) is 6.54 Å². The summed E-state index contributed by atoms with van der Waals surface area (Å²) in [6.07, 6.45) is 5.09. The number of nitrogens with zero attached hydrogens (tertiary/aromatic N) is 1. The van der Waals surface area contributed by atoms with E-state index in [2.05, 4.69) is 30.1 Å². The molecule has 2 saturated carbocycles. The van der Waals surface area contributed by atoms with Crippen LogP contribution in [0.15, 0.2) is 18.2 Å². The molecular formula is C17H25FN2. The molecule has 2 nitrogen and oxygen atoms in total. The van der Waals surface area contributed by atoms with Gasteiger partial charge in [-0.25, -0.2) is 4.39 Å². The summed E-state index contributed by atoms with van der Waals surface area (Å²) in [7, 11) is 0.